The number of ether oxygens (including phenoxy) is 1. The predicted octanol–water partition coefficient (Wildman–Crippen LogP) is 4.88. The van der Waals surface area contributed by atoms with Crippen LogP contribution in [0.1, 0.15) is 70.5 Å². The van der Waals surface area contributed by atoms with Crippen molar-refractivity contribution in [1.29, 1.82) is 5.26 Å². The number of likely N-dealkylation sites (tertiary alicyclic amines) is 1. The van der Waals surface area contributed by atoms with Crippen molar-refractivity contribution in [2.75, 3.05) is 11.9 Å². The van der Waals surface area contributed by atoms with Gasteiger partial charge in [0, 0.05) is 18.7 Å². The van der Waals surface area contributed by atoms with Gasteiger partial charge in [0.15, 0.2) is 6.23 Å². The third-order valence-corrected chi connectivity index (χ3v) is 6.77. The lowest BCUT2D eigenvalue weighted by atomic mass is 9.93. The van der Waals surface area contributed by atoms with Gasteiger partial charge in [-0.1, -0.05) is 63.9 Å². The number of alkyl carbamates (subject to hydrolysis) is 1. The van der Waals surface area contributed by atoms with Crippen molar-refractivity contribution >= 4 is 29.5 Å². The number of rotatable bonds is 10. The van der Waals surface area contributed by atoms with E-state index in [-0.39, 0.29) is 17.9 Å². The summed E-state index contributed by atoms with van der Waals surface area (Å²) in [6.45, 7) is 7.99. The fourth-order valence-electron chi connectivity index (χ4n) is 4.57. The number of carbonyl (C=O) groups excluding carboxylic acids is 4. The largest absolute Gasteiger partial charge is 0.425 e. The van der Waals surface area contributed by atoms with Crippen LogP contribution in [0.5, 0.6) is 0 Å². The SMILES string of the molecule is CCCC[C@H](NC(=O)OC1CC(C)(C)CN1C(=O)Nc1ccc(C#N)cc1)C(=O)C(=O)N[C@H](C)c1ccccc1. The normalized spacial score (nSPS) is 17.2. The first-order valence-corrected chi connectivity index (χ1v) is 13.5. The number of Topliss-reactive ketones (excluding diaryl/α,β-unsaturated/α-hetero) is 1. The van der Waals surface area contributed by atoms with Gasteiger partial charge in [0.25, 0.3) is 5.91 Å². The maximum absolute atomic E-state index is 13.1. The van der Waals surface area contributed by atoms with Crippen molar-refractivity contribution in [3.05, 3.63) is 65.7 Å². The standard InChI is InChI=1S/C30H37N5O5/c1-5-6-12-24(26(36)27(37)32-20(2)22-10-8-7-9-11-22)34-29(39)40-25-17-30(3,4)19-35(25)28(38)33-23-15-13-21(18-31)14-16-23/h7-11,13-16,20,24-25H,5-6,12,17,19H2,1-4H3,(H,32,37)(H,33,38)(H,34,39)/t20-,24+,25?/m1/s1. The first-order valence-electron chi connectivity index (χ1n) is 13.5. The molecule has 1 aliphatic heterocycles. The van der Waals surface area contributed by atoms with Crippen molar-refractivity contribution in [2.45, 2.75) is 71.7 Å². The van der Waals surface area contributed by atoms with E-state index in [1.54, 1.807) is 31.2 Å². The average molecular weight is 548 g/mol. The number of anilines is 1. The number of hydrogen-bond acceptors (Lipinski definition) is 6. The summed E-state index contributed by atoms with van der Waals surface area (Å²) in [5.41, 5.74) is 1.49. The highest BCUT2D eigenvalue weighted by molar-refractivity contribution is 6.38. The molecule has 0 saturated carbocycles. The number of ketones is 1. The maximum atomic E-state index is 13.1. The van der Waals surface area contributed by atoms with E-state index in [1.165, 1.54) is 4.90 Å². The molecular weight excluding hydrogens is 510 g/mol. The molecule has 1 unspecified atom stereocenters. The van der Waals surface area contributed by atoms with E-state index in [9.17, 15) is 19.2 Å². The highest BCUT2D eigenvalue weighted by Crippen LogP contribution is 2.35. The summed E-state index contributed by atoms with van der Waals surface area (Å²) in [5.74, 6) is -1.54. The van der Waals surface area contributed by atoms with Crippen molar-refractivity contribution in [3.8, 4) is 6.07 Å². The Morgan fingerprint density at radius 1 is 1.07 bits per heavy atom. The Bertz CT molecular complexity index is 1240. The molecule has 1 fully saturated rings. The number of carbonyl (C=O) groups is 4. The third kappa shape index (κ3) is 8.30. The van der Waals surface area contributed by atoms with Gasteiger partial charge in [0.2, 0.25) is 5.78 Å². The van der Waals surface area contributed by atoms with Crippen molar-refractivity contribution in [3.63, 3.8) is 0 Å². The number of urea groups is 1. The van der Waals surface area contributed by atoms with Crippen molar-refractivity contribution < 1.29 is 23.9 Å². The fourth-order valence-corrected chi connectivity index (χ4v) is 4.57. The van der Waals surface area contributed by atoms with E-state index in [0.29, 0.717) is 30.6 Å². The van der Waals surface area contributed by atoms with Crippen LogP contribution >= 0.6 is 0 Å². The Labute approximate surface area is 235 Å². The summed E-state index contributed by atoms with van der Waals surface area (Å²) in [4.78, 5) is 53.2. The number of unbranched alkanes of at least 4 members (excludes halogenated alkanes) is 1. The smallest absolute Gasteiger partial charge is 0.409 e. The zero-order chi connectivity index (χ0) is 29.3. The number of hydrogen-bond donors (Lipinski definition) is 3. The molecule has 3 rings (SSSR count). The minimum absolute atomic E-state index is 0.274. The molecule has 10 heteroatoms. The highest BCUT2D eigenvalue weighted by atomic mass is 16.6. The van der Waals surface area contributed by atoms with Crippen LogP contribution in [-0.2, 0) is 14.3 Å². The number of amides is 4. The fraction of sp³-hybridized carbons (Fsp3) is 0.433. The van der Waals surface area contributed by atoms with Crippen LogP contribution in [0.2, 0.25) is 0 Å². The minimum Gasteiger partial charge on any atom is -0.425 e. The molecule has 0 spiro atoms. The summed E-state index contributed by atoms with van der Waals surface area (Å²) >= 11 is 0. The lowest BCUT2D eigenvalue weighted by Crippen LogP contribution is -2.50. The summed E-state index contributed by atoms with van der Waals surface area (Å²) in [6.07, 6.45) is 0.302. The molecule has 0 aromatic heterocycles. The van der Waals surface area contributed by atoms with Gasteiger partial charge in [-0.25, -0.2) is 9.59 Å². The van der Waals surface area contributed by atoms with Crippen LogP contribution in [0.25, 0.3) is 0 Å². The highest BCUT2D eigenvalue weighted by Gasteiger charge is 2.43. The van der Waals surface area contributed by atoms with E-state index in [2.05, 4.69) is 16.0 Å². The monoisotopic (exact) mass is 547 g/mol. The molecule has 0 bridgehead atoms. The first kappa shape index (κ1) is 30.2. The Kier molecular flexibility index (Phi) is 10.3. The molecular formula is C30H37N5O5. The van der Waals surface area contributed by atoms with Gasteiger partial charge in [0.1, 0.15) is 6.04 Å². The van der Waals surface area contributed by atoms with Crippen LogP contribution in [0, 0.1) is 16.7 Å². The van der Waals surface area contributed by atoms with E-state index in [4.69, 9.17) is 10.00 Å². The molecule has 0 radical (unpaired) electrons. The minimum atomic E-state index is -1.06. The summed E-state index contributed by atoms with van der Waals surface area (Å²) < 4.78 is 5.63. The van der Waals surface area contributed by atoms with E-state index < -0.39 is 36.1 Å². The van der Waals surface area contributed by atoms with Gasteiger partial charge in [-0.2, -0.15) is 5.26 Å². The second-order valence-corrected chi connectivity index (χ2v) is 10.8. The number of nitrogens with zero attached hydrogens (tertiary/aromatic N) is 2. The zero-order valence-corrected chi connectivity index (χ0v) is 23.4. The van der Waals surface area contributed by atoms with E-state index in [1.807, 2.05) is 57.2 Å². The Hall–Kier alpha value is -4.39. The Balaban J connectivity index is 1.64. The van der Waals surface area contributed by atoms with Gasteiger partial charge in [-0.3, -0.25) is 14.5 Å². The van der Waals surface area contributed by atoms with Gasteiger partial charge < -0.3 is 20.7 Å². The van der Waals surface area contributed by atoms with Gasteiger partial charge in [-0.15, -0.1) is 0 Å². The predicted molar refractivity (Wildman–Crippen MR) is 150 cm³/mol. The van der Waals surface area contributed by atoms with E-state index in [0.717, 1.165) is 12.0 Å². The molecule has 4 amide bonds. The summed E-state index contributed by atoms with van der Waals surface area (Å²) in [6, 6.07) is 15.8. The number of benzene rings is 2. The number of nitrogens with one attached hydrogen (secondary N) is 3. The summed E-state index contributed by atoms with van der Waals surface area (Å²) in [5, 5.41) is 17.0. The van der Waals surface area contributed by atoms with Gasteiger partial charge in [-0.05, 0) is 48.6 Å². The lowest BCUT2D eigenvalue weighted by Gasteiger charge is -2.26. The van der Waals surface area contributed by atoms with Crippen LogP contribution in [0.4, 0.5) is 15.3 Å². The maximum Gasteiger partial charge on any atom is 0.409 e. The topological polar surface area (TPSA) is 141 Å². The quantitative estimate of drug-likeness (QED) is 0.362. The molecule has 212 valence electrons. The molecule has 1 aliphatic rings. The molecule has 2 aromatic carbocycles. The van der Waals surface area contributed by atoms with Crippen molar-refractivity contribution in [1.82, 2.24) is 15.5 Å². The molecule has 3 N–H and O–H groups in total. The van der Waals surface area contributed by atoms with E-state index >= 15 is 0 Å². The second kappa shape index (κ2) is 13.6. The molecule has 3 atom stereocenters. The molecule has 0 aliphatic carbocycles. The summed E-state index contributed by atoms with van der Waals surface area (Å²) in [7, 11) is 0. The van der Waals surface area contributed by atoms with Gasteiger partial charge >= 0.3 is 12.1 Å². The number of nitriles is 1. The Morgan fingerprint density at radius 3 is 2.38 bits per heavy atom. The third-order valence-electron chi connectivity index (χ3n) is 6.77. The zero-order valence-electron chi connectivity index (χ0n) is 23.4. The molecule has 1 heterocycles. The van der Waals surface area contributed by atoms with Crippen LogP contribution in [0.15, 0.2) is 54.6 Å². The Morgan fingerprint density at radius 2 is 1.75 bits per heavy atom. The molecule has 10 nitrogen and oxygen atoms in total. The van der Waals surface area contributed by atoms with Crippen molar-refractivity contribution in [2.24, 2.45) is 5.41 Å². The second-order valence-electron chi connectivity index (χ2n) is 10.8. The first-order chi connectivity index (χ1) is 19.0. The van der Waals surface area contributed by atoms with Crippen LogP contribution < -0.4 is 16.0 Å². The lowest BCUT2D eigenvalue weighted by molar-refractivity contribution is -0.139. The van der Waals surface area contributed by atoms with Crippen LogP contribution in [0.3, 0.4) is 0 Å². The molecule has 40 heavy (non-hydrogen) atoms. The van der Waals surface area contributed by atoms with Crippen LogP contribution in [-0.4, -0.2) is 47.5 Å². The van der Waals surface area contributed by atoms with Gasteiger partial charge in [0.05, 0.1) is 17.7 Å². The average Bonchev–Trinajstić information content (AvgIpc) is 3.24. The molecule has 1 saturated heterocycles. The molecule has 2 aromatic rings.